The molecule has 1 aliphatic rings. The maximum Gasteiger partial charge on any atom is 0.185 e. The molecule has 1 aliphatic heterocycles. The van der Waals surface area contributed by atoms with E-state index in [1.807, 2.05) is 0 Å². The van der Waals surface area contributed by atoms with E-state index in [2.05, 4.69) is 15.9 Å². The van der Waals surface area contributed by atoms with Gasteiger partial charge in [-0.15, -0.1) is 0 Å². The van der Waals surface area contributed by atoms with Gasteiger partial charge in [0.25, 0.3) is 0 Å². The van der Waals surface area contributed by atoms with Crippen LogP contribution in [0.25, 0.3) is 0 Å². The van der Waals surface area contributed by atoms with E-state index in [0.29, 0.717) is 18.8 Å². The number of benzene rings is 1. The van der Waals surface area contributed by atoms with Crippen LogP contribution >= 0.6 is 15.9 Å². The van der Waals surface area contributed by atoms with Crippen molar-refractivity contribution in [3.63, 3.8) is 0 Å². The van der Waals surface area contributed by atoms with E-state index in [1.165, 1.54) is 6.07 Å². The molecular formula is C10H10BrFO2. The average Bonchev–Trinajstić information content (AvgIpc) is 2.67. The van der Waals surface area contributed by atoms with Crippen molar-refractivity contribution < 1.29 is 13.9 Å². The van der Waals surface area contributed by atoms with E-state index >= 15 is 0 Å². The molecule has 0 atom stereocenters. The molecule has 0 aliphatic carbocycles. The lowest BCUT2D eigenvalue weighted by Gasteiger charge is -2.13. The fourth-order valence-electron chi connectivity index (χ4n) is 1.40. The monoisotopic (exact) mass is 260 g/mol. The number of hydrogen-bond donors (Lipinski definition) is 0. The van der Waals surface area contributed by atoms with Gasteiger partial charge in [-0.3, -0.25) is 0 Å². The first-order valence-electron chi connectivity index (χ1n) is 4.38. The Hall–Kier alpha value is -0.450. The van der Waals surface area contributed by atoms with Gasteiger partial charge in [0.15, 0.2) is 6.29 Å². The summed E-state index contributed by atoms with van der Waals surface area (Å²) in [4.78, 5) is 0. The summed E-state index contributed by atoms with van der Waals surface area (Å²) >= 11 is 3.34. The van der Waals surface area contributed by atoms with Gasteiger partial charge >= 0.3 is 0 Å². The van der Waals surface area contributed by atoms with Crippen molar-refractivity contribution in [2.45, 2.75) is 13.2 Å². The molecule has 2 nitrogen and oxygen atoms in total. The molecule has 0 spiro atoms. The summed E-state index contributed by atoms with van der Waals surface area (Å²) in [5, 5.41) is 0. The van der Waals surface area contributed by atoms with Crippen molar-refractivity contribution in [1.29, 1.82) is 0 Å². The number of halogens is 2. The molecule has 0 unspecified atom stereocenters. The molecular weight excluding hydrogens is 251 g/mol. The van der Waals surface area contributed by atoms with Crippen LogP contribution in [0, 0.1) is 12.7 Å². The van der Waals surface area contributed by atoms with Crippen LogP contribution in [0.5, 0.6) is 0 Å². The van der Waals surface area contributed by atoms with Crippen molar-refractivity contribution in [2.24, 2.45) is 0 Å². The molecule has 0 N–H and O–H groups in total. The van der Waals surface area contributed by atoms with E-state index in [0.717, 1.165) is 10.0 Å². The highest BCUT2D eigenvalue weighted by molar-refractivity contribution is 9.10. The average molecular weight is 261 g/mol. The standard InChI is InChI=1S/C10H10BrFO2/c1-6-8(12)3-2-7(9(6)11)10-13-4-5-14-10/h2-3,10H,4-5H2,1H3. The summed E-state index contributed by atoms with van der Waals surface area (Å²) in [5.41, 5.74) is 1.43. The number of hydrogen-bond acceptors (Lipinski definition) is 2. The molecule has 0 radical (unpaired) electrons. The highest BCUT2D eigenvalue weighted by Crippen LogP contribution is 2.32. The summed E-state index contributed by atoms with van der Waals surface area (Å²) in [5.74, 6) is -0.223. The SMILES string of the molecule is Cc1c(F)ccc(C2OCCO2)c1Br. The maximum absolute atomic E-state index is 13.1. The topological polar surface area (TPSA) is 18.5 Å². The second kappa shape index (κ2) is 3.96. The summed E-state index contributed by atoms with van der Waals surface area (Å²) < 4.78 is 24.5. The summed E-state index contributed by atoms with van der Waals surface area (Å²) in [6, 6.07) is 3.11. The van der Waals surface area contributed by atoms with Crippen LogP contribution in [0.2, 0.25) is 0 Å². The fraction of sp³-hybridized carbons (Fsp3) is 0.400. The van der Waals surface area contributed by atoms with Crippen LogP contribution in [0.1, 0.15) is 17.4 Å². The smallest absolute Gasteiger partial charge is 0.185 e. The second-order valence-corrected chi connectivity index (χ2v) is 3.94. The minimum absolute atomic E-state index is 0.223. The zero-order valence-electron chi connectivity index (χ0n) is 7.72. The van der Waals surface area contributed by atoms with E-state index in [-0.39, 0.29) is 12.1 Å². The van der Waals surface area contributed by atoms with Gasteiger partial charge in [0, 0.05) is 10.0 Å². The van der Waals surface area contributed by atoms with Gasteiger partial charge < -0.3 is 9.47 Å². The Kier molecular flexibility index (Phi) is 2.85. The predicted octanol–water partition coefficient (Wildman–Crippen LogP) is 2.94. The molecule has 1 fully saturated rings. The zero-order valence-corrected chi connectivity index (χ0v) is 9.30. The molecule has 1 saturated heterocycles. The summed E-state index contributed by atoms with van der Waals surface area (Å²) in [6.07, 6.45) is -0.358. The molecule has 14 heavy (non-hydrogen) atoms. The quantitative estimate of drug-likeness (QED) is 0.773. The lowest BCUT2D eigenvalue weighted by molar-refractivity contribution is -0.0447. The molecule has 4 heteroatoms. The van der Waals surface area contributed by atoms with Crippen LogP contribution in [0.4, 0.5) is 4.39 Å². The highest BCUT2D eigenvalue weighted by Gasteiger charge is 2.22. The first-order chi connectivity index (χ1) is 6.70. The van der Waals surface area contributed by atoms with Gasteiger partial charge in [0.05, 0.1) is 13.2 Å². The van der Waals surface area contributed by atoms with Gasteiger partial charge in [-0.25, -0.2) is 4.39 Å². The van der Waals surface area contributed by atoms with Gasteiger partial charge in [0.2, 0.25) is 0 Å². The summed E-state index contributed by atoms with van der Waals surface area (Å²) in [7, 11) is 0. The van der Waals surface area contributed by atoms with Gasteiger partial charge in [-0.2, -0.15) is 0 Å². The Bertz CT molecular complexity index is 348. The van der Waals surface area contributed by atoms with E-state index < -0.39 is 0 Å². The fourth-order valence-corrected chi connectivity index (χ4v) is 1.91. The van der Waals surface area contributed by atoms with E-state index in [4.69, 9.17) is 9.47 Å². The Labute approximate surface area is 90.1 Å². The zero-order chi connectivity index (χ0) is 10.1. The van der Waals surface area contributed by atoms with Crippen LogP contribution < -0.4 is 0 Å². The minimum Gasteiger partial charge on any atom is -0.346 e. The lowest BCUT2D eigenvalue weighted by Crippen LogP contribution is -2.01. The third-order valence-corrected chi connectivity index (χ3v) is 3.28. The summed E-state index contributed by atoms with van der Waals surface area (Å²) in [6.45, 7) is 2.90. The van der Waals surface area contributed by atoms with Crippen molar-refractivity contribution in [3.05, 3.63) is 33.5 Å². The molecule has 1 aromatic rings. The molecule has 0 aromatic heterocycles. The molecule has 0 saturated carbocycles. The van der Waals surface area contributed by atoms with E-state index in [1.54, 1.807) is 13.0 Å². The van der Waals surface area contributed by atoms with Crippen molar-refractivity contribution in [1.82, 2.24) is 0 Å². The van der Waals surface area contributed by atoms with Crippen LogP contribution in [-0.2, 0) is 9.47 Å². The Balaban J connectivity index is 2.38. The van der Waals surface area contributed by atoms with Crippen molar-refractivity contribution >= 4 is 15.9 Å². The molecule has 76 valence electrons. The van der Waals surface area contributed by atoms with Gasteiger partial charge in [0.1, 0.15) is 5.82 Å². The van der Waals surface area contributed by atoms with Crippen LogP contribution in [-0.4, -0.2) is 13.2 Å². The molecule has 1 aromatic carbocycles. The van der Waals surface area contributed by atoms with Crippen LogP contribution in [0.3, 0.4) is 0 Å². The lowest BCUT2D eigenvalue weighted by atomic mass is 10.1. The first kappa shape index (κ1) is 10.1. The maximum atomic E-state index is 13.1. The highest BCUT2D eigenvalue weighted by atomic mass is 79.9. The van der Waals surface area contributed by atoms with Crippen molar-refractivity contribution in [3.8, 4) is 0 Å². The largest absolute Gasteiger partial charge is 0.346 e. The van der Waals surface area contributed by atoms with Gasteiger partial charge in [-0.05, 0) is 40.5 Å². The molecule has 1 heterocycles. The van der Waals surface area contributed by atoms with Gasteiger partial charge in [-0.1, -0.05) is 0 Å². The van der Waals surface area contributed by atoms with E-state index in [9.17, 15) is 4.39 Å². The Morgan fingerprint density at radius 2 is 2.00 bits per heavy atom. The van der Waals surface area contributed by atoms with Crippen molar-refractivity contribution in [2.75, 3.05) is 13.2 Å². The first-order valence-corrected chi connectivity index (χ1v) is 5.17. The second-order valence-electron chi connectivity index (χ2n) is 3.15. The third kappa shape index (κ3) is 1.69. The third-order valence-electron chi connectivity index (χ3n) is 2.23. The van der Waals surface area contributed by atoms with Crippen LogP contribution in [0.15, 0.2) is 16.6 Å². The minimum atomic E-state index is -0.358. The Morgan fingerprint density at radius 3 is 2.64 bits per heavy atom. The molecule has 0 amide bonds. The number of ether oxygens (including phenoxy) is 2. The normalized spacial score (nSPS) is 17.6. The molecule has 0 bridgehead atoms. The Morgan fingerprint density at radius 1 is 1.36 bits per heavy atom. The molecule has 2 rings (SSSR count). The number of rotatable bonds is 1. The predicted molar refractivity (Wildman–Crippen MR) is 53.5 cm³/mol.